The van der Waals surface area contributed by atoms with Gasteiger partial charge in [-0.05, 0) is 26.3 Å². The van der Waals surface area contributed by atoms with E-state index in [0.29, 0.717) is 24.9 Å². The van der Waals surface area contributed by atoms with Crippen molar-refractivity contribution in [2.75, 3.05) is 32.1 Å². The number of aryl methyl sites for hydroxylation is 1. The number of piperidine rings is 1. The maximum atomic E-state index is 12.4. The fraction of sp³-hybridized carbons (Fsp3) is 0.692. The van der Waals surface area contributed by atoms with Gasteiger partial charge in [-0.15, -0.1) is 0 Å². The third-order valence-corrected chi connectivity index (χ3v) is 3.28. The monoisotopic (exact) mass is 304 g/mol. The summed E-state index contributed by atoms with van der Waals surface area (Å²) < 4.78 is 42.4. The minimum Gasteiger partial charge on any atom is -0.481 e. The normalized spacial score (nSPS) is 20.3. The lowest BCUT2D eigenvalue weighted by molar-refractivity contribution is -0.147. The number of alkyl halides is 3. The molecule has 0 radical (unpaired) electrons. The quantitative estimate of drug-likeness (QED) is 0.924. The first-order chi connectivity index (χ1) is 9.85. The standard InChI is InChI=1S/C13H19F3N4O/c1-9-6-11(21-2)19-12(17-9)18-10-4-3-5-20(7-10)8-13(14,15)16/h6,10H,3-5,7-8H2,1-2H3,(H,17,18,19). The SMILES string of the molecule is COc1cc(C)nc(NC2CCCN(CC(F)(F)F)C2)n1. The van der Waals surface area contributed by atoms with Crippen LogP contribution in [0.25, 0.3) is 0 Å². The van der Waals surface area contributed by atoms with Crippen LogP contribution >= 0.6 is 0 Å². The molecule has 118 valence electrons. The molecule has 0 saturated carbocycles. The van der Waals surface area contributed by atoms with Crippen molar-refractivity contribution in [3.63, 3.8) is 0 Å². The largest absolute Gasteiger partial charge is 0.481 e. The summed E-state index contributed by atoms with van der Waals surface area (Å²) in [6, 6.07) is 1.61. The van der Waals surface area contributed by atoms with Crippen molar-refractivity contribution in [2.24, 2.45) is 0 Å². The molecule has 0 aliphatic carbocycles. The molecule has 5 nitrogen and oxygen atoms in total. The molecule has 1 aromatic heterocycles. The Hall–Kier alpha value is -1.57. The second kappa shape index (κ2) is 6.46. The predicted molar refractivity (Wildman–Crippen MR) is 72.5 cm³/mol. The van der Waals surface area contributed by atoms with Crippen molar-refractivity contribution in [1.82, 2.24) is 14.9 Å². The Morgan fingerprint density at radius 2 is 2.19 bits per heavy atom. The van der Waals surface area contributed by atoms with E-state index in [1.165, 1.54) is 12.0 Å². The van der Waals surface area contributed by atoms with E-state index in [1.807, 2.05) is 6.92 Å². The predicted octanol–water partition coefficient (Wildman–Crippen LogP) is 2.23. The van der Waals surface area contributed by atoms with Gasteiger partial charge in [-0.25, -0.2) is 4.98 Å². The van der Waals surface area contributed by atoms with Gasteiger partial charge in [0.25, 0.3) is 0 Å². The Bertz CT molecular complexity index is 481. The summed E-state index contributed by atoms with van der Waals surface area (Å²) in [5, 5.41) is 3.10. The molecule has 1 aliphatic heterocycles. The first-order valence-corrected chi connectivity index (χ1v) is 6.81. The van der Waals surface area contributed by atoms with Crippen LogP contribution in [0.4, 0.5) is 19.1 Å². The first kappa shape index (κ1) is 15.8. The van der Waals surface area contributed by atoms with Gasteiger partial charge >= 0.3 is 6.18 Å². The maximum Gasteiger partial charge on any atom is 0.401 e. The summed E-state index contributed by atoms with van der Waals surface area (Å²) in [5.74, 6) is 0.832. The molecule has 0 aromatic carbocycles. The average Bonchev–Trinajstić information content (AvgIpc) is 2.36. The molecule has 0 amide bonds. The lowest BCUT2D eigenvalue weighted by atomic mass is 10.1. The highest BCUT2D eigenvalue weighted by molar-refractivity contribution is 5.32. The summed E-state index contributed by atoms with van der Waals surface area (Å²) in [4.78, 5) is 9.80. The van der Waals surface area contributed by atoms with E-state index in [-0.39, 0.29) is 6.04 Å². The lowest BCUT2D eigenvalue weighted by Crippen LogP contribution is -2.46. The second-order valence-electron chi connectivity index (χ2n) is 5.21. The molecule has 1 unspecified atom stereocenters. The van der Waals surface area contributed by atoms with E-state index in [2.05, 4.69) is 15.3 Å². The average molecular weight is 304 g/mol. The first-order valence-electron chi connectivity index (χ1n) is 6.81. The van der Waals surface area contributed by atoms with Crippen LogP contribution in [0, 0.1) is 6.92 Å². The minimum absolute atomic E-state index is 0.0902. The molecule has 2 heterocycles. The van der Waals surface area contributed by atoms with Crippen LogP contribution in [0.1, 0.15) is 18.5 Å². The van der Waals surface area contributed by atoms with Crippen molar-refractivity contribution in [3.8, 4) is 5.88 Å². The summed E-state index contributed by atoms with van der Waals surface area (Å²) in [6.45, 7) is 1.74. The molecular formula is C13H19F3N4O. The van der Waals surface area contributed by atoms with Crippen molar-refractivity contribution in [3.05, 3.63) is 11.8 Å². The molecule has 1 aliphatic rings. The van der Waals surface area contributed by atoms with Crippen LogP contribution in [-0.2, 0) is 0 Å². The number of nitrogens with zero attached hydrogens (tertiary/aromatic N) is 3. The maximum absolute atomic E-state index is 12.4. The van der Waals surface area contributed by atoms with Gasteiger partial charge in [0.05, 0.1) is 13.7 Å². The molecule has 1 aromatic rings. The molecule has 2 rings (SSSR count). The number of ether oxygens (including phenoxy) is 1. The van der Waals surface area contributed by atoms with Gasteiger partial charge in [-0.3, -0.25) is 4.90 Å². The van der Waals surface area contributed by atoms with Crippen LogP contribution in [0.5, 0.6) is 5.88 Å². The number of hydrogen-bond acceptors (Lipinski definition) is 5. The topological polar surface area (TPSA) is 50.3 Å². The number of halogens is 3. The van der Waals surface area contributed by atoms with E-state index in [4.69, 9.17) is 4.74 Å². The Morgan fingerprint density at radius 3 is 2.86 bits per heavy atom. The fourth-order valence-electron chi connectivity index (χ4n) is 2.46. The number of likely N-dealkylation sites (tertiary alicyclic amines) is 1. The third-order valence-electron chi connectivity index (χ3n) is 3.28. The molecular weight excluding hydrogens is 285 g/mol. The van der Waals surface area contributed by atoms with Gasteiger partial charge in [0.15, 0.2) is 0 Å². The fourth-order valence-corrected chi connectivity index (χ4v) is 2.46. The third kappa shape index (κ3) is 5.04. The van der Waals surface area contributed by atoms with Crippen LogP contribution in [0.3, 0.4) is 0 Å². The van der Waals surface area contributed by atoms with Crippen molar-refractivity contribution < 1.29 is 17.9 Å². The summed E-state index contributed by atoms with van der Waals surface area (Å²) >= 11 is 0. The molecule has 1 atom stereocenters. The van der Waals surface area contributed by atoms with Gasteiger partial charge in [0.2, 0.25) is 11.8 Å². The summed E-state index contributed by atoms with van der Waals surface area (Å²) in [5.41, 5.74) is 0.743. The van der Waals surface area contributed by atoms with E-state index >= 15 is 0 Å². The molecule has 0 bridgehead atoms. The lowest BCUT2D eigenvalue weighted by Gasteiger charge is -2.33. The molecule has 8 heteroatoms. The minimum atomic E-state index is -4.16. The highest BCUT2D eigenvalue weighted by Gasteiger charge is 2.33. The smallest absolute Gasteiger partial charge is 0.401 e. The molecule has 0 spiro atoms. The second-order valence-corrected chi connectivity index (χ2v) is 5.21. The molecule has 1 saturated heterocycles. The van der Waals surface area contributed by atoms with Crippen LogP contribution < -0.4 is 10.1 Å². The van der Waals surface area contributed by atoms with Gasteiger partial charge in [0, 0.05) is 24.3 Å². The van der Waals surface area contributed by atoms with E-state index in [1.54, 1.807) is 6.07 Å². The zero-order chi connectivity index (χ0) is 15.5. The number of rotatable bonds is 4. The van der Waals surface area contributed by atoms with Crippen molar-refractivity contribution >= 4 is 5.95 Å². The Labute approximate surface area is 121 Å². The molecule has 1 fully saturated rings. The highest BCUT2D eigenvalue weighted by atomic mass is 19.4. The summed E-state index contributed by atoms with van der Waals surface area (Å²) in [6.07, 6.45) is -2.64. The molecule has 21 heavy (non-hydrogen) atoms. The highest BCUT2D eigenvalue weighted by Crippen LogP contribution is 2.21. The van der Waals surface area contributed by atoms with Crippen LogP contribution in [-0.4, -0.2) is 53.8 Å². The Balaban J connectivity index is 1.97. The number of methoxy groups -OCH3 is 1. The van der Waals surface area contributed by atoms with E-state index < -0.39 is 12.7 Å². The van der Waals surface area contributed by atoms with Gasteiger partial charge in [-0.1, -0.05) is 0 Å². The van der Waals surface area contributed by atoms with Crippen molar-refractivity contribution in [1.29, 1.82) is 0 Å². The number of anilines is 1. The zero-order valence-corrected chi connectivity index (χ0v) is 12.1. The van der Waals surface area contributed by atoms with Gasteiger partial charge < -0.3 is 10.1 Å². The number of nitrogens with one attached hydrogen (secondary N) is 1. The van der Waals surface area contributed by atoms with Crippen LogP contribution in [0.2, 0.25) is 0 Å². The number of aromatic nitrogens is 2. The Morgan fingerprint density at radius 1 is 1.43 bits per heavy atom. The number of hydrogen-bond donors (Lipinski definition) is 1. The van der Waals surface area contributed by atoms with Gasteiger partial charge in [-0.2, -0.15) is 18.2 Å². The van der Waals surface area contributed by atoms with E-state index in [9.17, 15) is 13.2 Å². The van der Waals surface area contributed by atoms with E-state index in [0.717, 1.165) is 18.5 Å². The Kier molecular flexibility index (Phi) is 4.87. The summed E-state index contributed by atoms with van der Waals surface area (Å²) in [7, 11) is 1.51. The van der Waals surface area contributed by atoms with Gasteiger partial charge in [0.1, 0.15) is 0 Å². The van der Waals surface area contributed by atoms with Crippen molar-refractivity contribution in [2.45, 2.75) is 32.0 Å². The molecule has 1 N–H and O–H groups in total. The van der Waals surface area contributed by atoms with Crippen LogP contribution in [0.15, 0.2) is 6.07 Å². The zero-order valence-electron chi connectivity index (χ0n) is 12.1.